The number of halogens is 1. The van der Waals surface area contributed by atoms with E-state index in [0.29, 0.717) is 86.0 Å². The van der Waals surface area contributed by atoms with Gasteiger partial charge in [0.05, 0.1) is 96.8 Å². The maximum atomic E-state index is 14.7. The standard InChI is InChI=1S/C93H143IN8O26S3/c1-16-102(50-62(105)34-24-20-18-17-19-23-29-39-97-40-31-42-98-87(112)61(33-30-41-99-92(96)115)46-66(106)76(52(2)3)100-88(113)60(44-54(6)103)32-26-28-38-95)65-51-121-71(48-70(65)117-12)126-84-79(110)77(57(9)123-91(84)125-69-35-25-21-22-27-37-93(116)49-68(108)63(45-55(7)104)74(69)64(93)36-43-129-131-53(4)5)101-128-72-47-67(107)86(59(11)122-72)130-89(114)73-56(8)75(94)82(85(120-15)81(73)118-13)127-90-80(111)83(119-14)78(109)58(10)124-90/h21-22,36,52-53,57-61,65,67,69-72,76-80,83-84,86,90-91,97,101,107,109-111,116H,16-20,23-24,26,28-34,38-51,95H2,1-15H3,(H,98,112)(H,100,113)(H3,96,99,115)/b22-21-,64-36+/t57-,58+,59-,60-,61-,65+,67+,69+,70+,71+,72+,76+,77-,78+,79+,80-,83-,84-,86-,90+,91+,93+/m1/s1. The highest BCUT2D eigenvalue weighted by molar-refractivity contribution is 14.1. The quantitative estimate of drug-likeness (QED) is 0.00994. The minimum Gasteiger partial charge on any atom is -0.492 e. The summed E-state index contributed by atoms with van der Waals surface area (Å²) in [6.45, 7) is 22.3. The van der Waals surface area contributed by atoms with Crippen molar-refractivity contribution < 1.29 is 126 Å². The smallest absolute Gasteiger partial charge is 0.312 e. The number of carbonyl (C=O) groups excluding carboxylic acids is 9. The molecule has 131 heavy (non-hydrogen) atoms. The highest BCUT2D eigenvalue weighted by atomic mass is 127. The number of hydroxylamine groups is 1. The molecule has 1 aromatic rings. The van der Waals surface area contributed by atoms with Crippen molar-refractivity contribution in [2.45, 2.75) is 331 Å². The number of fused-ring (bicyclic) bond motifs is 2. The highest BCUT2D eigenvalue weighted by Gasteiger charge is 2.53. The molecule has 0 unspecified atom stereocenters. The first-order chi connectivity index (χ1) is 62.5. The van der Waals surface area contributed by atoms with Crippen LogP contribution < -0.4 is 52.4 Å². The molecule has 0 radical (unpaired) electrons. The Hall–Kier alpha value is -5.75. The molecule has 1 aromatic carbocycles. The number of amides is 4. The first kappa shape index (κ1) is 112. The molecule has 14 N–H and O–H groups in total. The molecule has 0 spiro atoms. The molecular formula is C93H143IN8O26S3. The summed E-state index contributed by atoms with van der Waals surface area (Å²) in [7, 11) is 8.75. The molecule has 2 bridgehead atoms. The molecule has 4 fully saturated rings. The maximum Gasteiger partial charge on any atom is 0.312 e. The molecule has 0 aromatic heterocycles. The number of unbranched alkanes of at least 4 members (excludes halogenated alkanes) is 7. The van der Waals surface area contributed by atoms with Crippen LogP contribution in [0.5, 0.6) is 17.2 Å². The summed E-state index contributed by atoms with van der Waals surface area (Å²) >= 11 is 2.81. The number of urea groups is 1. The molecular weight excluding hydrogens is 1870 g/mol. The van der Waals surface area contributed by atoms with Crippen molar-refractivity contribution in [1.29, 1.82) is 0 Å². The number of aliphatic hydroxyl groups is 5. The summed E-state index contributed by atoms with van der Waals surface area (Å²) in [6, 6.07) is -3.11. The normalized spacial score (nSPS) is 28.0. The van der Waals surface area contributed by atoms with E-state index >= 15 is 0 Å². The summed E-state index contributed by atoms with van der Waals surface area (Å²) in [4.78, 5) is 129. The lowest BCUT2D eigenvalue weighted by Gasteiger charge is -2.47. The Morgan fingerprint density at radius 3 is 2.05 bits per heavy atom. The number of aliphatic hydroxyl groups excluding tert-OH is 4. The Morgan fingerprint density at radius 1 is 0.733 bits per heavy atom. The zero-order chi connectivity index (χ0) is 96.3. The molecule has 4 aliphatic heterocycles. The number of hydrogen-bond acceptors (Lipinski definition) is 33. The van der Waals surface area contributed by atoms with Crippen molar-refractivity contribution in [2.75, 3.05) is 86.6 Å². The van der Waals surface area contributed by atoms with Crippen LogP contribution in [0.1, 0.15) is 214 Å². The molecule has 2 aliphatic carbocycles. The number of nitrogens with two attached hydrogens (primary N) is 2. The van der Waals surface area contributed by atoms with Gasteiger partial charge in [0.25, 0.3) is 0 Å². The number of methoxy groups -OCH3 is 4. The summed E-state index contributed by atoms with van der Waals surface area (Å²) in [6.07, 6.45) is -3.77. The van der Waals surface area contributed by atoms with Gasteiger partial charge in [-0.1, -0.05) is 136 Å². The third-order valence-electron chi connectivity index (χ3n) is 24.0. The predicted molar refractivity (Wildman–Crippen MR) is 505 cm³/mol. The number of nitrogens with zero attached hydrogens (tertiary/aromatic N) is 1. The molecule has 4 amide bonds. The van der Waals surface area contributed by atoms with Crippen LogP contribution in [0.3, 0.4) is 0 Å². The highest BCUT2D eigenvalue weighted by Crippen LogP contribution is 2.50. The van der Waals surface area contributed by atoms with Gasteiger partial charge in [0.1, 0.15) is 54.0 Å². The number of rotatable bonds is 56. The fourth-order valence-corrected chi connectivity index (χ4v) is 20.6. The Labute approximate surface area is 797 Å². The van der Waals surface area contributed by atoms with Gasteiger partial charge in [0.15, 0.2) is 47.5 Å². The second kappa shape index (κ2) is 56.8. The van der Waals surface area contributed by atoms with Gasteiger partial charge in [-0.3, -0.25) is 43.3 Å². The molecule has 34 nitrogen and oxygen atoms in total. The van der Waals surface area contributed by atoms with Crippen LogP contribution in [0.25, 0.3) is 0 Å². The van der Waals surface area contributed by atoms with Crippen LogP contribution in [-0.4, -0.2) is 295 Å². The Morgan fingerprint density at radius 2 is 1.40 bits per heavy atom. The molecule has 22 atom stereocenters. The largest absolute Gasteiger partial charge is 0.492 e. The van der Waals surface area contributed by atoms with E-state index < -0.39 is 156 Å². The van der Waals surface area contributed by atoms with Gasteiger partial charge < -0.3 is 115 Å². The van der Waals surface area contributed by atoms with Crippen molar-refractivity contribution in [3.8, 4) is 40.9 Å². The number of benzene rings is 1. The van der Waals surface area contributed by atoms with E-state index in [1.807, 2.05) is 62.1 Å². The minimum atomic E-state index is -2.04. The zero-order valence-electron chi connectivity index (χ0n) is 78.5. The number of ketones is 5. The van der Waals surface area contributed by atoms with Crippen molar-refractivity contribution in [3.05, 3.63) is 49.6 Å². The zero-order valence-corrected chi connectivity index (χ0v) is 83.1. The summed E-state index contributed by atoms with van der Waals surface area (Å²) in [5.41, 5.74) is 12.8. The van der Waals surface area contributed by atoms with Crippen LogP contribution in [0.4, 0.5) is 4.79 Å². The summed E-state index contributed by atoms with van der Waals surface area (Å²) in [5.74, 6) is 8.79. The molecule has 4 saturated heterocycles. The van der Waals surface area contributed by atoms with Crippen molar-refractivity contribution >= 4 is 108 Å². The van der Waals surface area contributed by atoms with Crippen molar-refractivity contribution in [2.24, 2.45) is 29.2 Å². The molecule has 6 aliphatic rings. The van der Waals surface area contributed by atoms with Crippen LogP contribution in [0.15, 0.2) is 34.9 Å². The predicted octanol–water partition coefficient (Wildman–Crippen LogP) is 7.38. The summed E-state index contributed by atoms with van der Waals surface area (Å²) < 4.78 is 69.2. The Balaban J connectivity index is 0.954. The molecule has 0 saturated carbocycles. The number of ether oxygens (including phenoxy) is 11. The fourth-order valence-electron chi connectivity index (χ4n) is 17.0. The van der Waals surface area contributed by atoms with E-state index in [1.165, 1.54) is 58.1 Å². The number of likely N-dealkylation sites (N-methyl/N-ethyl adjacent to an activating group) is 1. The number of thioether (sulfide) groups is 1. The van der Waals surface area contributed by atoms with Gasteiger partial charge in [-0.2, -0.15) is 5.48 Å². The summed E-state index contributed by atoms with van der Waals surface area (Å²) in [5, 5.41) is 70.0. The average Bonchev–Trinajstić information content (AvgIpc) is 0.752. The van der Waals surface area contributed by atoms with E-state index in [2.05, 4.69) is 50.4 Å². The average molecular weight is 2010 g/mol. The second-order valence-electron chi connectivity index (χ2n) is 34.9. The molecule has 38 heteroatoms. The third kappa shape index (κ3) is 33.6. The Kier molecular flexibility index (Phi) is 48.7. The molecule has 736 valence electrons. The van der Waals surface area contributed by atoms with Crippen LogP contribution >= 0.6 is 55.9 Å². The van der Waals surface area contributed by atoms with Gasteiger partial charge in [0, 0.05) is 105 Å². The van der Waals surface area contributed by atoms with Crippen LogP contribution in [-0.2, 0) is 76.3 Å². The van der Waals surface area contributed by atoms with Gasteiger partial charge in [-0.15, -0.1) is 0 Å². The lowest BCUT2D eigenvalue weighted by molar-refractivity contribution is -0.337. The maximum absolute atomic E-state index is 14.7. The van der Waals surface area contributed by atoms with E-state index in [0.717, 1.165) is 63.3 Å². The van der Waals surface area contributed by atoms with E-state index in [-0.39, 0.29) is 137 Å². The number of hydrogen-bond donors (Lipinski definition) is 12. The number of Topliss-reactive ketones (excluding diaryl/α,β-unsaturated/α-hetero) is 5. The monoisotopic (exact) mass is 2010 g/mol. The minimum absolute atomic E-state index is 0.00820. The lowest BCUT2D eigenvalue weighted by Crippen LogP contribution is -2.65. The fraction of sp³-hybridized carbons (Fsp3) is 0.731. The SMILES string of the molecule is CCN(CC(=O)CCCCCCCCCNCCCNC(=O)[C@H](CCCNC(N)=O)CC(=O)[C@@H](NC(=O)[C@H](CCCCN)CC(C)=O)C(C)C)[C@H]1CO[C@@H](O[C@H]2[C@H](O[C@H]3C#C/C=C\C#C[C@]4(O)CC(=O)C(CC(C)=O)=C3/C4=C\CSSC(C)C)O[C@H](C)[C@@H](NO[C@H]3C[C@H](O)[C@H](SC(=O)c4c(C)c(I)c(O[C@@H]5O[C@@H](C)[C@H](O)[C@@H](OC)[C@H]5O)c(OC)c4OC)[C@@H](C)O3)[C@@H]2O)C[C@@H]1OC. The lowest BCUT2D eigenvalue weighted by atomic mass is 9.72. The van der Waals surface area contributed by atoms with Crippen molar-refractivity contribution in [3.63, 3.8) is 0 Å². The van der Waals surface area contributed by atoms with E-state index in [9.17, 15) is 68.7 Å². The molecule has 7 rings (SSSR count). The van der Waals surface area contributed by atoms with Gasteiger partial charge in [0.2, 0.25) is 29.0 Å². The number of primary amides is 1. The van der Waals surface area contributed by atoms with E-state index in [1.54, 1.807) is 51.7 Å². The third-order valence-corrected chi connectivity index (χ3v) is 29.5. The number of nitrogens with one attached hydrogen (secondary N) is 5. The number of carbonyl (C=O) groups is 9. The topological polar surface area (TPSA) is 481 Å². The number of allylic oxidation sites excluding steroid dienone is 3. The molecule has 4 heterocycles. The van der Waals surface area contributed by atoms with Gasteiger partial charge in [-0.25, -0.2) is 4.79 Å². The van der Waals surface area contributed by atoms with E-state index in [4.69, 9.17) is 68.4 Å². The Bertz CT molecular complexity index is 4150. The van der Waals surface area contributed by atoms with Crippen LogP contribution in [0.2, 0.25) is 0 Å². The van der Waals surface area contributed by atoms with Crippen molar-refractivity contribution in [1.82, 2.24) is 31.6 Å². The van der Waals surface area contributed by atoms with Gasteiger partial charge in [-0.05, 0) is 159 Å². The first-order valence-corrected chi connectivity index (χ1v) is 50.2. The van der Waals surface area contributed by atoms with Gasteiger partial charge >= 0.3 is 6.03 Å². The second-order valence-corrected chi connectivity index (χ2v) is 40.1. The van der Waals surface area contributed by atoms with Crippen LogP contribution in [0, 0.1) is 51.9 Å². The first-order valence-electron chi connectivity index (χ1n) is 45.8.